The molecule has 1 nitrogen and oxygen atoms in total. The molecule has 1 heteroatoms. The lowest BCUT2D eigenvalue weighted by atomic mass is 9.70. The summed E-state index contributed by atoms with van der Waals surface area (Å²) >= 11 is 0. The first-order valence-electron chi connectivity index (χ1n) is 25.8. The standard InChI is InChI=1S/C72H51N/c1-70(2)62-30-12-7-27-58(62)61-29-18-28-53(69(61)70)48-19-17-22-51(43-48)73(50-38-35-46(36-39-50)47-37-41-59-54-23-8-13-31-63(54)71(3,67(59)44-47)49-20-5-4-6-21-49)52-40-42-60-57-26-11-16-34-66(57)72(68(60)45-52)64-32-14-9-24-55(64)56-25-10-15-33-65(56)72/h4-45H,1-3H3. The third kappa shape index (κ3) is 5.68. The Morgan fingerprint density at radius 3 is 1.37 bits per heavy atom. The molecule has 4 aliphatic carbocycles. The third-order valence-corrected chi connectivity index (χ3v) is 17.4. The first kappa shape index (κ1) is 42.0. The Balaban J connectivity index is 0.910. The molecule has 0 aliphatic heterocycles. The fraction of sp³-hybridized carbons (Fsp3) is 0.0833. The summed E-state index contributed by atoms with van der Waals surface area (Å²) in [5, 5.41) is 0. The van der Waals surface area contributed by atoms with E-state index in [0.29, 0.717) is 0 Å². The molecule has 73 heavy (non-hydrogen) atoms. The third-order valence-electron chi connectivity index (χ3n) is 17.4. The molecule has 4 aliphatic rings. The SMILES string of the molecule is CC1(C)c2ccccc2-c2cccc(-c3cccc(N(c4ccc(-c5ccc6c(c5)C(C)(c5ccccc5)c5ccccc5-6)cc4)c4ccc5c(c4)C4(c6ccccc6-c6ccccc64)c4ccccc4-5)c3)c21. The van der Waals surface area contributed by atoms with Crippen molar-refractivity contribution >= 4 is 17.1 Å². The number of fused-ring (bicyclic) bond motifs is 16. The molecular formula is C72H51N. The average molecular weight is 930 g/mol. The lowest BCUT2D eigenvalue weighted by Crippen LogP contribution is -2.26. The van der Waals surface area contributed by atoms with E-state index in [1.165, 1.54) is 117 Å². The summed E-state index contributed by atoms with van der Waals surface area (Å²) < 4.78 is 0. The van der Waals surface area contributed by atoms with Crippen LogP contribution in [0.1, 0.15) is 70.8 Å². The maximum Gasteiger partial charge on any atom is 0.0726 e. The second-order valence-electron chi connectivity index (χ2n) is 21.2. The van der Waals surface area contributed by atoms with Gasteiger partial charge in [-0.2, -0.15) is 0 Å². The molecule has 0 radical (unpaired) electrons. The first-order valence-corrected chi connectivity index (χ1v) is 25.8. The molecule has 0 saturated carbocycles. The number of benzene rings is 11. The lowest BCUT2D eigenvalue weighted by molar-refractivity contribution is 0.662. The number of nitrogens with zero attached hydrogens (tertiary/aromatic N) is 1. The van der Waals surface area contributed by atoms with E-state index in [0.717, 1.165) is 17.1 Å². The highest BCUT2D eigenvalue weighted by molar-refractivity contribution is 5.97. The summed E-state index contributed by atoms with van der Waals surface area (Å²) in [6, 6.07) is 96.1. The van der Waals surface area contributed by atoms with E-state index in [1.54, 1.807) is 0 Å². The van der Waals surface area contributed by atoms with Crippen LogP contribution in [-0.4, -0.2) is 0 Å². The van der Waals surface area contributed by atoms with Gasteiger partial charge in [-0.1, -0.05) is 226 Å². The number of hydrogen-bond acceptors (Lipinski definition) is 1. The van der Waals surface area contributed by atoms with Gasteiger partial charge in [0.25, 0.3) is 0 Å². The van der Waals surface area contributed by atoms with Crippen molar-refractivity contribution in [2.24, 2.45) is 0 Å². The Kier molecular flexibility index (Phi) is 8.83. The second kappa shape index (κ2) is 15.4. The Morgan fingerprint density at radius 1 is 0.260 bits per heavy atom. The van der Waals surface area contributed by atoms with Gasteiger partial charge in [-0.25, -0.2) is 0 Å². The van der Waals surface area contributed by atoms with Gasteiger partial charge in [0, 0.05) is 27.9 Å². The van der Waals surface area contributed by atoms with Crippen molar-refractivity contribution in [3.05, 3.63) is 305 Å². The van der Waals surface area contributed by atoms with Crippen molar-refractivity contribution in [2.75, 3.05) is 4.90 Å². The Hall–Kier alpha value is -8.78. The van der Waals surface area contributed by atoms with Crippen LogP contribution in [-0.2, 0) is 16.2 Å². The van der Waals surface area contributed by atoms with E-state index >= 15 is 0 Å². The van der Waals surface area contributed by atoms with Crippen LogP contribution >= 0.6 is 0 Å². The van der Waals surface area contributed by atoms with Gasteiger partial charge in [-0.15, -0.1) is 0 Å². The van der Waals surface area contributed by atoms with Crippen molar-refractivity contribution < 1.29 is 0 Å². The van der Waals surface area contributed by atoms with Crippen LogP contribution in [0.15, 0.2) is 255 Å². The van der Waals surface area contributed by atoms with Crippen LogP contribution in [0, 0.1) is 0 Å². The highest BCUT2D eigenvalue weighted by Crippen LogP contribution is 2.64. The molecule has 15 rings (SSSR count). The predicted molar refractivity (Wildman–Crippen MR) is 303 cm³/mol. The lowest BCUT2D eigenvalue weighted by Gasteiger charge is -2.32. The molecule has 0 heterocycles. The minimum atomic E-state index is -0.459. The van der Waals surface area contributed by atoms with E-state index < -0.39 is 5.41 Å². The van der Waals surface area contributed by atoms with Crippen molar-refractivity contribution in [2.45, 2.75) is 37.0 Å². The topological polar surface area (TPSA) is 3.24 Å². The molecule has 11 aromatic rings. The van der Waals surface area contributed by atoms with Crippen molar-refractivity contribution in [3.63, 3.8) is 0 Å². The molecule has 11 aromatic carbocycles. The van der Waals surface area contributed by atoms with Gasteiger partial charge in [0.1, 0.15) is 0 Å². The van der Waals surface area contributed by atoms with Crippen LogP contribution in [0.4, 0.5) is 17.1 Å². The van der Waals surface area contributed by atoms with E-state index in [2.05, 4.69) is 280 Å². The zero-order valence-corrected chi connectivity index (χ0v) is 41.2. The second-order valence-corrected chi connectivity index (χ2v) is 21.2. The molecule has 0 bridgehead atoms. The molecule has 0 saturated heterocycles. The van der Waals surface area contributed by atoms with Gasteiger partial charge in [-0.05, 0) is 166 Å². The van der Waals surface area contributed by atoms with Crippen LogP contribution in [0.2, 0.25) is 0 Å². The predicted octanol–water partition coefficient (Wildman–Crippen LogP) is 18.5. The van der Waals surface area contributed by atoms with Gasteiger partial charge in [0.05, 0.1) is 5.41 Å². The van der Waals surface area contributed by atoms with E-state index in [1.807, 2.05) is 0 Å². The fourth-order valence-corrected chi connectivity index (χ4v) is 14.1. The van der Waals surface area contributed by atoms with Crippen molar-refractivity contribution in [1.82, 2.24) is 0 Å². The highest BCUT2D eigenvalue weighted by Gasteiger charge is 2.52. The molecule has 1 atom stereocenters. The van der Waals surface area contributed by atoms with Crippen LogP contribution < -0.4 is 4.90 Å². The normalized spacial score (nSPS) is 16.2. The summed E-state index contributed by atoms with van der Waals surface area (Å²) in [7, 11) is 0. The zero-order valence-electron chi connectivity index (χ0n) is 41.2. The van der Waals surface area contributed by atoms with Gasteiger partial charge in [0.15, 0.2) is 0 Å². The van der Waals surface area contributed by atoms with E-state index in [-0.39, 0.29) is 10.8 Å². The Labute approximate surface area is 428 Å². The molecule has 0 fully saturated rings. The molecule has 0 amide bonds. The van der Waals surface area contributed by atoms with E-state index in [9.17, 15) is 0 Å². The highest BCUT2D eigenvalue weighted by atomic mass is 15.1. The summed E-state index contributed by atoms with van der Waals surface area (Å²) in [6.07, 6.45) is 0. The summed E-state index contributed by atoms with van der Waals surface area (Å²) in [6.45, 7) is 7.18. The van der Waals surface area contributed by atoms with Crippen LogP contribution in [0.5, 0.6) is 0 Å². The fourth-order valence-electron chi connectivity index (χ4n) is 14.1. The number of rotatable bonds is 6. The average Bonchev–Trinajstić information content (AvgIpc) is 4.10. The minimum absolute atomic E-state index is 0.149. The maximum atomic E-state index is 2.51. The summed E-state index contributed by atoms with van der Waals surface area (Å²) in [5.41, 5.74) is 30.0. The van der Waals surface area contributed by atoms with Crippen molar-refractivity contribution in [3.8, 4) is 66.8 Å². The van der Waals surface area contributed by atoms with Crippen molar-refractivity contribution in [1.29, 1.82) is 0 Å². The smallest absolute Gasteiger partial charge is 0.0726 e. The quantitative estimate of drug-likeness (QED) is 0.161. The minimum Gasteiger partial charge on any atom is -0.310 e. The van der Waals surface area contributed by atoms with Gasteiger partial charge in [0.2, 0.25) is 0 Å². The van der Waals surface area contributed by atoms with Gasteiger partial charge in [-0.3, -0.25) is 0 Å². The Morgan fingerprint density at radius 2 is 0.712 bits per heavy atom. The monoisotopic (exact) mass is 929 g/mol. The van der Waals surface area contributed by atoms with Crippen LogP contribution in [0.3, 0.4) is 0 Å². The van der Waals surface area contributed by atoms with Gasteiger partial charge < -0.3 is 4.90 Å². The largest absolute Gasteiger partial charge is 0.310 e. The van der Waals surface area contributed by atoms with Crippen LogP contribution in [0.25, 0.3) is 66.8 Å². The molecule has 344 valence electrons. The molecule has 0 N–H and O–H groups in total. The first-order chi connectivity index (χ1) is 35.8. The Bertz CT molecular complexity index is 4020. The van der Waals surface area contributed by atoms with E-state index in [4.69, 9.17) is 0 Å². The molecule has 0 aromatic heterocycles. The summed E-state index contributed by atoms with van der Waals surface area (Å²) in [5.74, 6) is 0. The maximum absolute atomic E-state index is 2.51. The molecular weight excluding hydrogens is 879 g/mol. The van der Waals surface area contributed by atoms with Gasteiger partial charge >= 0.3 is 0 Å². The zero-order chi connectivity index (χ0) is 48.6. The summed E-state index contributed by atoms with van der Waals surface area (Å²) in [4.78, 5) is 2.49. The molecule has 1 unspecified atom stereocenters. The number of anilines is 3. The number of hydrogen-bond donors (Lipinski definition) is 0. The molecule has 1 spiro atoms.